The minimum absolute atomic E-state index is 0.270. The summed E-state index contributed by atoms with van der Waals surface area (Å²) in [5.41, 5.74) is 5.47. The third-order valence-corrected chi connectivity index (χ3v) is 4.41. The van der Waals surface area contributed by atoms with E-state index in [0.29, 0.717) is 35.2 Å². The predicted octanol–water partition coefficient (Wildman–Crippen LogP) is 4.51. The van der Waals surface area contributed by atoms with E-state index < -0.39 is 11.8 Å². The Labute approximate surface area is 179 Å². The van der Waals surface area contributed by atoms with Gasteiger partial charge in [0.05, 0.1) is 17.7 Å². The van der Waals surface area contributed by atoms with Crippen molar-refractivity contribution in [1.82, 2.24) is 10.9 Å². The fraction of sp³-hybridized carbons (Fsp3) is 0.273. The Morgan fingerprint density at radius 3 is 2.38 bits per heavy atom. The molecule has 154 valence electrons. The van der Waals surface area contributed by atoms with Gasteiger partial charge in [-0.2, -0.15) is 0 Å². The molecule has 0 atom stereocenters. The van der Waals surface area contributed by atoms with Gasteiger partial charge in [0.25, 0.3) is 11.8 Å². The lowest BCUT2D eigenvalue weighted by atomic mass is 10.1. The van der Waals surface area contributed by atoms with Crippen LogP contribution in [0, 0.1) is 5.92 Å². The van der Waals surface area contributed by atoms with E-state index in [1.807, 2.05) is 0 Å². The van der Waals surface area contributed by atoms with Crippen LogP contribution in [-0.2, 0) is 0 Å². The van der Waals surface area contributed by atoms with Gasteiger partial charge in [-0.3, -0.25) is 20.4 Å². The molecule has 0 saturated heterocycles. The summed E-state index contributed by atoms with van der Waals surface area (Å²) >= 11 is 3.36. The third-order valence-electron chi connectivity index (χ3n) is 3.92. The molecule has 6 nitrogen and oxygen atoms in total. The quantitative estimate of drug-likeness (QED) is 0.426. The van der Waals surface area contributed by atoms with Crippen LogP contribution in [-0.4, -0.2) is 25.0 Å². The number of halogens is 1. The molecule has 0 unspecified atom stereocenters. The first-order valence-electron chi connectivity index (χ1n) is 9.28. The van der Waals surface area contributed by atoms with Crippen molar-refractivity contribution in [3.05, 3.63) is 70.7 Å². The zero-order valence-corrected chi connectivity index (χ0v) is 18.1. The molecular formula is C22H25BrN2O4. The van der Waals surface area contributed by atoms with Gasteiger partial charge in [0.15, 0.2) is 0 Å². The van der Waals surface area contributed by atoms with Crippen molar-refractivity contribution in [3.8, 4) is 11.5 Å². The van der Waals surface area contributed by atoms with E-state index in [1.54, 1.807) is 48.5 Å². The van der Waals surface area contributed by atoms with Crippen LogP contribution in [0.2, 0.25) is 0 Å². The molecule has 0 bridgehead atoms. The molecule has 2 N–H and O–H groups in total. The molecule has 0 aliphatic rings. The highest BCUT2D eigenvalue weighted by molar-refractivity contribution is 9.10. The van der Waals surface area contributed by atoms with E-state index in [0.717, 1.165) is 10.9 Å². The fourth-order valence-corrected chi connectivity index (χ4v) is 2.75. The summed E-state index contributed by atoms with van der Waals surface area (Å²) in [6.07, 6.45) is 2.46. The van der Waals surface area contributed by atoms with E-state index >= 15 is 0 Å². The summed E-state index contributed by atoms with van der Waals surface area (Å²) in [6, 6.07) is 11.9. The molecule has 2 aromatic carbocycles. The number of hydrogen-bond acceptors (Lipinski definition) is 4. The maximum absolute atomic E-state index is 12.6. The highest BCUT2D eigenvalue weighted by atomic mass is 79.9. The van der Waals surface area contributed by atoms with Gasteiger partial charge in [-0.25, -0.2) is 0 Å². The third kappa shape index (κ3) is 6.94. The second kappa shape index (κ2) is 11.3. The number of para-hydroxylation sites is 1. The standard InChI is InChI=1S/C22H25BrN2O4/c1-4-12-28-19-8-6-5-7-17(19)21(26)24-25-22(27)18-14-16(23)9-10-20(18)29-13-11-15(2)3/h4-10,14-15H,1,11-13H2,2-3H3,(H,24,26)(H,25,27). The number of ether oxygens (including phenoxy) is 2. The summed E-state index contributed by atoms with van der Waals surface area (Å²) in [5, 5.41) is 0. The number of carbonyl (C=O) groups is 2. The van der Waals surface area contributed by atoms with Gasteiger partial charge in [-0.1, -0.05) is 54.6 Å². The van der Waals surface area contributed by atoms with Crippen molar-refractivity contribution in [2.24, 2.45) is 5.92 Å². The minimum Gasteiger partial charge on any atom is -0.493 e. The lowest BCUT2D eigenvalue weighted by molar-refractivity contribution is 0.0842. The van der Waals surface area contributed by atoms with Gasteiger partial charge in [-0.15, -0.1) is 0 Å². The van der Waals surface area contributed by atoms with E-state index in [2.05, 4.69) is 47.2 Å². The van der Waals surface area contributed by atoms with Crippen LogP contribution in [0.4, 0.5) is 0 Å². The first-order valence-corrected chi connectivity index (χ1v) is 10.1. The zero-order chi connectivity index (χ0) is 21.2. The highest BCUT2D eigenvalue weighted by Crippen LogP contribution is 2.24. The Morgan fingerprint density at radius 2 is 1.69 bits per heavy atom. The topological polar surface area (TPSA) is 76.7 Å². The molecule has 2 amide bonds. The Kier molecular flexibility index (Phi) is 8.73. The number of carbonyl (C=O) groups excluding carboxylic acids is 2. The monoisotopic (exact) mass is 460 g/mol. The summed E-state index contributed by atoms with van der Waals surface area (Å²) < 4.78 is 12.0. The summed E-state index contributed by atoms with van der Waals surface area (Å²) in [5.74, 6) is 0.374. The Balaban J connectivity index is 2.06. The summed E-state index contributed by atoms with van der Waals surface area (Å²) in [4.78, 5) is 25.1. The maximum atomic E-state index is 12.6. The van der Waals surface area contributed by atoms with E-state index in [-0.39, 0.29) is 6.61 Å². The average molecular weight is 461 g/mol. The van der Waals surface area contributed by atoms with Crippen LogP contribution in [0.3, 0.4) is 0 Å². The molecule has 0 aliphatic carbocycles. The number of amides is 2. The number of nitrogens with one attached hydrogen (secondary N) is 2. The summed E-state index contributed by atoms with van der Waals surface area (Å²) in [6.45, 7) is 8.56. The molecule has 2 aromatic rings. The Hall–Kier alpha value is -2.80. The first kappa shape index (κ1) is 22.5. The molecule has 0 fully saturated rings. The van der Waals surface area contributed by atoms with Crippen LogP contribution in [0.15, 0.2) is 59.6 Å². The second-order valence-corrected chi connectivity index (χ2v) is 7.59. The van der Waals surface area contributed by atoms with E-state index in [1.165, 1.54) is 0 Å². The second-order valence-electron chi connectivity index (χ2n) is 6.68. The van der Waals surface area contributed by atoms with Gasteiger partial charge >= 0.3 is 0 Å². The highest BCUT2D eigenvalue weighted by Gasteiger charge is 2.17. The lowest BCUT2D eigenvalue weighted by Crippen LogP contribution is -2.41. The molecule has 0 spiro atoms. The normalized spacial score (nSPS) is 10.3. The van der Waals surface area contributed by atoms with Gasteiger partial charge in [0, 0.05) is 4.47 Å². The molecule has 29 heavy (non-hydrogen) atoms. The lowest BCUT2D eigenvalue weighted by Gasteiger charge is -2.14. The maximum Gasteiger partial charge on any atom is 0.273 e. The van der Waals surface area contributed by atoms with E-state index in [9.17, 15) is 9.59 Å². The molecule has 0 heterocycles. The molecule has 0 aromatic heterocycles. The number of hydrogen-bond donors (Lipinski definition) is 2. The molecule has 0 radical (unpaired) electrons. The Bertz CT molecular complexity index is 868. The van der Waals surface area contributed by atoms with Gasteiger partial charge < -0.3 is 9.47 Å². The molecular weight excluding hydrogens is 436 g/mol. The number of benzene rings is 2. The summed E-state index contributed by atoms with van der Waals surface area (Å²) in [7, 11) is 0. The number of rotatable bonds is 9. The van der Waals surface area contributed by atoms with Gasteiger partial charge in [0.1, 0.15) is 18.1 Å². The SMILES string of the molecule is C=CCOc1ccccc1C(=O)NNC(=O)c1cc(Br)ccc1OCCC(C)C. The van der Waals surface area contributed by atoms with Gasteiger partial charge in [0.2, 0.25) is 0 Å². The average Bonchev–Trinajstić information content (AvgIpc) is 2.71. The fourth-order valence-electron chi connectivity index (χ4n) is 2.39. The van der Waals surface area contributed by atoms with Crippen LogP contribution in [0.25, 0.3) is 0 Å². The molecule has 0 saturated carbocycles. The van der Waals surface area contributed by atoms with Crippen molar-refractivity contribution < 1.29 is 19.1 Å². The van der Waals surface area contributed by atoms with Crippen LogP contribution >= 0.6 is 15.9 Å². The first-order chi connectivity index (χ1) is 13.9. The van der Waals surface area contributed by atoms with Crippen LogP contribution in [0.1, 0.15) is 41.0 Å². The molecule has 2 rings (SSSR count). The Morgan fingerprint density at radius 1 is 1.03 bits per heavy atom. The minimum atomic E-state index is -0.490. The number of hydrazine groups is 1. The largest absolute Gasteiger partial charge is 0.493 e. The zero-order valence-electron chi connectivity index (χ0n) is 16.5. The van der Waals surface area contributed by atoms with Crippen LogP contribution in [0.5, 0.6) is 11.5 Å². The molecule has 7 heteroatoms. The predicted molar refractivity (Wildman–Crippen MR) is 116 cm³/mol. The molecule has 0 aliphatic heterocycles. The van der Waals surface area contributed by atoms with Crippen LogP contribution < -0.4 is 20.3 Å². The van der Waals surface area contributed by atoms with Crippen molar-refractivity contribution >= 4 is 27.7 Å². The smallest absolute Gasteiger partial charge is 0.273 e. The van der Waals surface area contributed by atoms with E-state index in [4.69, 9.17) is 9.47 Å². The van der Waals surface area contributed by atoms with Crippen molar-refractivity contribution in [2.45, 2.75) is 20.3 Å². The van der Waals surface area contributed by atoms with Crippen molar-refractivity contribution in [2.75, 3.05) is 13.2 Å². The van der Waals surface area contributed by atoms with Crippen molar-refractivity contribution in [3.63, 3.8) is 0 Å². The van der Waals surface area contributed by atoms with Gasteiger partial charge in [-0.05, 0) is 42.7 Å². The van der Waals surface area contributed by atoms with Crippen molar-refractivity contribution in [1.29, 1.82) is 0 Å².